The Balaban J connectivity index is 2.23. The van der Waals surface area contributed by atoms with Crippen LogP contribution < -0.4 is 4.74 Å². The first kappa shape index (κ1) is 17.4. The third-order valence-electron chi connectivity index (χ3n) is 3.61. The van der Waals surface area contributed by atoms with E-state index in [0.29, 0.717) is 19.6 Å². The molecule has 1 saturated heterocycles. The highest BCUT2D eigenvalue weighted by Crippen LogP contribution is 2.59. The van der Waals surface area contributed by atoms with Gasteiger partial charge in [-0.1, -0.05) is 18.2 Å². The molecule has 7 heteroatoms. The standard InChI is InChI=1S/C15H24NO5P/c1-5-19-22(17,20-6-2)15-11-14(21-16(15)3)12-9-7-8-10-13(12)18-4/h7-10,14-15H,5-6,11H2,1-4H3/t14-,15+/m0/s1. The van der Waals surface area contributed by atoms with Crippen LogP contribution in [-0.2, 0) is 18.5 Å². The molecule has 1 aromatic carbocycles. The molecule has 1 aromatic rings. The summed E-state index contributed by atoms with van der Waals surface area (Å²) in [4.78, 5) is 5.86. The van der Waals surface area contributed by atoms with Crippen LogP contribution in [-0.4, -0.2) is 38.2 Å². The van der Waals surface area contributed by atoms with E-state index in [0.717, 1.165) is 11.3 Å². The number of hydrogen-bond donors (Lipinski definition) is 0. The van der Waals surface area contributed by atoms with Crippen LogP contribution in [0.1, 0.15) is 31.9 Å². The van der Waals surface area contributed by atoms with Gasteiger partial charge in [-0.25, -0.2) is 0 Å². The minimum Gasteiger partial charge on any atom is -0.496 e. The lowest BCUT2D eigenvalue weighted by atomic mass is 10.1. The Morgan fingerprint density at radius 3 is 2.50 bits per heavy atom. The van der Waals surface area contributed by atoms with Crippen LogP contribution in [0.3, 0.4) is 0 Å². The quantitative estimate of drug-likeness (QED) is 0.713. The van der Waals surface area contributed by atoms with Gasteiger partial charge in [0.2, 0.25) is 0 Å². The number of methoxy groups -OCH3 is 1. The summed E-state index contributed by atoms with van der Waals surface area (Å²) in [6.45, 7) is 4.28. The Labute approximate surface area is 131 Å². The monoisotopic (exact) mass is 329 g/mol. The minimum absolute atomic E-state index is 0.236. The van der Waals surface area contributed by atoms with E-state index in [-0.39, 0.29) is 6.10 Å². The van der Waals surface area contributed by atoms with Crippen molar-refractivity contribution in [2.45, 2.75) is 32.2 Å². The normalized spacial score (nSPS) is 22.9. The lowest BCUT2D eigenvalue weighted by Crippen LogP contribution is -2.25. The van der Waals surface area contributed by atoms with Crippen LogP contribution >= 0.6 is 7.60 Å². The number of nitrogens with zero attached hydrogens (tertiary/aromatic N) is 1. The predicted octanol–water partition coefficient (Wildman–Crippen LogP) is 3.60. The molecule has 0 spiro atoms. The number of hydroxylamine groups is 2. The molecule has 2 rings (SSSR count). The van der Waals surface area contributed by atoms with Crippen LogP contribution in [0, 0.1) is 0 Å². The van der Waals surface area contributed by atoms with E-state index in [2.05, 4.69) is 0 Å². The smallest absolute Gasteiger partial charge is 0.350 e. The summed E-state index contributed by atoms with van der Waals surface area (Å²) in [6.07, 6.45) is 0.286. The van der Waals surface area contributed by atoms with E-state index in [1.807, 2.05) is 24.3 Å². The highest BCUT2D eigenvalue weighted by atomic mass is 31.2. The van der Waals surface area contributed by atoms with Gasteiger partial charge in [0, 0.05) is 19.0 Å². The fourth-order valence-electron chi connectivity index (χ4n) is 2.67. The predicted molar refractivity (Wildman–Crippen MR) is 83.8 cm³/mol. The summed E-state index contributed by atoms with van der Waals surface area (Å²) in [7, 11) is 0.136. The fraction of sp³-hybridized carbons (Fsp3) is 0.600. The minimum atomic E-state index is -3.24. The molecule has 124 valence electrons. The summed E-state index contributed by atoms with van der Waals surface area (Å²) in [6, 6.07) is 7.67. The van der Waals surface area contributed by atoms with Crippen LogP contribution in [0.5, 0.6) is 5.75 Å². The lowest BCUT2D eigenvalue weighted by molar-refractivity contribution is -0.137. The van der Waals surface area contributed by atoms with E-state index < -0.39 is 13.4 Å². The van der Waals surface area contributed by atoms with Crippen LogP contribution in [0.15, 0.2) is 24.3 Å². The van der Waals surface area contributed by atoms with E-state index in [1.165, 1.54) is 0 Å². The number of rotatable bonds is 7. The zero-order valence-electron chi connectivity index (χ0n) is 13.5. The van der Waals surface area contributed by atoms with Gasteiger partial charge in [-0.2, -0.15) is 5.06 Å². The van der Waals surface area contributed by atoms with Gasteiger partial charge in [-0.15, -0.1) is 0 Å². The molecule has 0 unspecified atom stereocenters. The van der Waals surface area contributed by atoms with Crippen LogP contribution in [0.4, 0.5) is 0 Å². The second kappa shape index (κ2) is 7.57. The molecule has 0 bridgehead atoms. The molecule has 0 aliphatic carbocycles. The molecule has 0 amide bonds. The fourth-order valence-corrected chi connectivity index (χ4v) is 4.71. The average molecular weight is 329 g/mol. The SMILES string of the molecule is CCOP(=O)(OCC)[C@@H]1C[C@@H](c2ccccc2OC)ON1C. The van der Waals surface area contributed by atoms with Crippen LogP contribution in [0.25, 0.3) is 0 Å². The van der Waals surface area contributed by atoms with Crippen molar-refractivity contribution < 1.29 is 23.2 Å². The van der Waals surface area contributed by atoms with E-state index in [1.54, 1.807) is 33.1 Å². The highest BCUT2D eigenvalue weighted by Gasteiger charge is 2.46. The Kier molecular flexibility index (Phi) is 6.01. The van der Waals surface area contributed by atoms with Crippen molar-refractivity contribution in [3.8, 4) is 5.75 Å². The third kappa shape index (κ3) is 3.53. The van der Waals surface area contributed by atoms with E-state index in [4.69, 9.17) is 18.6 Å². The first-order valence-electron chi connectivity index (χ1n) is 7.47. The van der Waals surface area contributed by atoms with E-state index >= 15 is 0 Å². The summed E-state index contributed by atoms with van der Waals surface area (Å²) in [5, 5.41) is 1.59. The van der Waals surface area contributed by atoms with Gasteiger partial charge in [0.1, 0.15) is 17.6 Å². The second-order valence-electron chi connectivity index (χ2n) is 4.97. The summed E-state index contributed by atoms with van der Waals surface area (Å²) in [5.74, 6) is 0.325. The summed E-state index contributed by atoms with van der Waals surface area (Å²) < 4.78 is 29.2. The highest BCUT2D eigenvalue weighted by molar-refractivity contribution is 7.54. The van der Waals surface area contributed by atoms with Crippen molar-refractivity contribution in [2.75, 3.05) is 27.4 Å². The van der Waals surface area contributed by atoms with Gasteiger partial charge < -0.3 is 13.8 Å². The first-order chi connectivity index (χ1) is 10.6. The van der Waals surface area contributed by atoms with Gasteiger partial charge in [-0.3, -0.25) is 9.40 Å². The summed E-state index contributed by atoms with van der Waals surface area (Å²) in [5.41, 5.74) is 0.930. The molecule has 0 N–H and O–H groups in total. The molecular formula is C15H24NO5P. The molecule has 1 aliphatic heterocycles. The number of para-hydroxylation sites is 1. The Hall–Kier alpha value is -0.910. The van der Waals surface area contributed by atoms with Crippen molar-refractivity contribution in [1.29, 1.82) is 0 Å². The van der Waals surface area contributed by atoms with Crippen molar-refractivity contribution in [1.82, 2.24) is 5.06 Å². The van der Waals surface area contributed by atoms with Gasteiger partial charge in [0.15, 0.2) is 0 Å². The molecule has 0 aromatic heterocycles. The van der Waals surface area contributed by atoms with Gasteiger partial charge in [-0.05, 0) is 19.9 Å². The zero-order chi connectivity index (χ0) is 16.2. The summed E-state index contributed by atoms with van der Waals surface area (Å²) >= 11 is 0. The molecule has 0 radical (unpaired) electrons. The van der Waals surface area contributed by atoms with Crippen molar-refractivity contribution in [2.24, 2.45) is 0 Å². The van der Waals surface area contributed by atoms with E-state index in [9.17, 15) is 4.57 Å². The third-order valence-corrected chi connectivity index (χ3v) is 6.11. The molecule has 6 nitrogen and oxygen atoms in total. The molecular weight excluding hydrogens is 305 g/mol. The molecule has 0 saturated carbocycles. The zero-order valence-corrected chi connectivity index (χ0v) is 14.4. The maximum Gasteiger partial charge on any atom is 0.350 e. The molecule has 1 heterocycles. The molecule has 1 aliphatic rings. The van der Waals surface area contributed by atoms with Crippen molar-refractivity contribution in [3.05, 3.63) is 29.8 Å². The first-order valence-corrected chi connectivity index (χ1v) is 9.08. The second-order valence-corrected chi connectivity index (χ2v) is 7.17. The number of ether oxygens (including phenoxy) is 1. The number of benzene rings is 1. The lowest BCUT2D eigenvalue weighted by Gasteiger charge is -2.25. The average Bonchev–Trinajstić information content (AvgIpc) is 2.90. The van der Waals surface area contributed by atoms with Gasteiger partial charge in [0.25, 0.3) is 0 Å². The molecule has 2 atom stereocenters. The molecule has 1 fully saturated rings. The van der Waals surface area contributed by atoms with Crippen molar-refractivity contribution >= 4 is 7.60 Å². The largest absolute Gasteiger partial charge is 0.496 e. The number of hydrogen-bond acceptors (Lipinski definition) is 6. The van der Waals surface area contributed by atoms with Gasteiger partial charge in [0.05, 0.1) is 20.3 Å². The molecule has 22 heavy (non-hydrogen) atoms. The van der Waals surface area contributed by atoms with Crippen LogP contribution in [0.2, 0.25) is 0 Å². The maximum absolute atomic E-state index is 13.0. The Morgan fingerprint density at radius 1 is 1.27 bits per heavy atom. The maximum atomic E-state index is 13.0. The van der Waals surface area contributed by atoms with Gasteiger partial charge >= 0.3 is 7.60 Å². The Bertz CT molecular complexity index is 528. The Morgan fingerprint density at radius 2 is 1.91 bits per heavy atom. The topological polar surface area (TPSA) is 57.2 Å². The van der Waals surface area contributed by atoms with Crippen molar-refractivity contribution in [3.63, 3.8) is 0 Å².